The van der Waals surface area contributed by atoms with Crippen molar-refractivity contribution < 1.29 is 14.3 Å². The van der Waals surface area contributed by atoms with Gasteiger partial charge in [0.25, 0.3) is 5.91 Å². The Morgan fingerprint density at radius 2 is 1.91 bits per heavy atom. The summed E-state index contributed by atoms with van der Waals surface area (Å²) in [7, 11) is 5.68. The Labute approximate surface area is 131 Å². The number of hydrogen-bond acceptors (Lipinski definition) is 4. The van der Waals surface area contributed by atoms with Gasteiger partial charge in [-0.1, -0.05) is 30.3 Å². The minimum atomic E-state index is -0.688. The number of rotatable bonds is 5. The lowest BCUT2D eigenvalue weighted by Crippen LogP contribution is -2.53. The topological polar surface area (TPSA) is 61.9 Å². The molecule has 0 unspecified atom stereocenters. The third kappa shape index (κ3) is 4.05. The second kappa shape index (κ2) is 7.38. The molecule has 0 spiro atoms. The molecule has 6 nitrogen and oxygen atoms in total. The molecule has 0 saturated carbocycles. The van der Waals surface area contributed by atoms with Crippen molar-refractivity contribution in [2.24, 2.45) is 0 Å². The third-order valence-corrected chi connectivity index (χ3v) is 3.67. The maximum atomic E-state index is 12.6. The lowest BCUT2D eigenvalue weighted by molar-refractivity contribution is -0.154. The highest BCUT2D eigenvalue weighted by Crippen LogP contribution is 2.23. The van der Waals surface area contributed by atoms with Gasteiger partial charge in [-0.05, 0) is 19.7 Å². The summed E-state index contributed by atoms with van der Waals surface area (Å²) in [5.41, 5.74) is 0.870. The number of morpholine rings is 1. The van der Waals surface area contributed by atoms with Crippen LogP contribution in [0.4, 0.5) is 0 Å². The highest BCUT2D eigenvalue weighted by molar-refractivity contribution is 5.86. The van der Waals surface area contributed by atoms with E-state index in [2.05, 4.69) is 5.32 Å². The number of hydrogen-bond donors (Lipinski definition) is 1. The fourth-order valence-corrected chi connectivity index (χ4v) is 2.36. The molecule has 1 aromatic carbocycles. The molecule has 0 aliphatic carbocycles. The van der Waals surface area contributed by atoms with Gasteiger partial charge in [0.05, 0.1) is 6.04 Å². The van der Waals surface area contributed by atoms with E-state index in [4.69, 9.17) is 4.74 Å². The van der Waals surface area contributed by atoms with Crippen LogP contribution in [0.1, 0.15) is 11.6 Å². The summed E-state index contributed by atoms with van der Waals surface area (Å²) in [5, 5.41) is 2.86. The molecule has 0 aromatic heterocycles. The number of amides is 2. The van der Waals surface area contributed by atoms with Gasteiger partial charge in [-0.25, -0.2) is 0 Å². The lowest BCUT2D eigenvalue weighted by Gasteiger charge is -2.34. The Kier molecular flexibility index (Phi) is 5.51. The number of likely N-dealkylation sites (N-methyl/N-ethyl adjacent to an activating group) is 2. The Hall–Kier alpha value is -1.92. The zero-order valence-electron chi connectivity index (χ0n) is 13.3. The molecule has 2 rings (SSSR count). The van der Waals surface area contributed by atoms with E-state index < -0.39 is 12.1 Å². The molecule has 2 amide bonds. The molecule has 120 valence electrons. The molecular weight excluding hydrogens is 282 g/mol. The van der Waals surface area contributed by atoms with E-state index in [-0.39, 0.29) is 18.4 Å². The van der Waals surface area contributed by atoms with Gasteiger partial charge in [0, 0.05) is 20.1 Å². The van der Waals surface area contributed by atoms with E-state index in [9.17, 15) is 9.59 Å². The zero-order chi connectivity index (χ0) is 16.1. The summed E-state index contributed by atoms with van der Waals surface area (Å²) >= 11 is 0. The van der Waals surface area contributed by atoms with Gasteiger partial charge < -0.3 is 19.9 Å². The Morgan fingerprint density at radius 1 is 1.23 bits per heavy atom. The summed E-state index contributed by atoms with van der Waals surface area (Å²) in [4.78, 5) is 27.9. The average Bonchev–Trinajstić information content (AvgIpc) is 2.52. The van der Waals surface area contributed by atoms with Crippen LogP contribution in [0.3, 0.4) is 0 Å². The van der Waals surface area contributed by atoms with Gasteiger partial charge in [-0.2, -0.15) is 0 Å². The number of carbonyl (C=O) groups excluding carboxylic acids is 2. The predicted molar refractivity (Wildman–Crippen MR) is 83.3 cm³/mol. The van der Waals surface area contributed by atoms with Crippen molar-refractivity contribution in [1.82, 2.24) is 15.1 Å². The minimum absolute atomic E-state index is 0.0821. The predicted octanol–water partition coefficient (Wildman–Crippen LogP) is 0.263. The Bertz CT molecular complexity index is 519. The van der Waals surface area contributed by atoms with Crippen LogP contribution >= 0.6 is 0 Å². The number of ether oxygens (including phenoxy) is 1. The first-order valence-corrected chi connectivity index (χ1v) is 7.34. The zero-order valence-corrected chi connectivity index (χ0v) is 13.3. The van der Waals surface area contributed by atoms with Crippen LogP contribution in [0.2, 0.25) is 0 Å². The van der Waals surface area contributed by atoms with E-state index >= 15 is 0 Å². The van der Waals surface area contributed by atoms with Crippen LogP contribution in [0, 0.1) is 0 Å². The van der Waals surface area contributed by atoms with Crippen molar-refractivity contribution in [2.75, 3.05) is 40.8 Å². The van der Waals surface area contributed by atoms with E-state index in [0.717, 1.165) is 12.1 Å². The third-order valence-electron chi connectivity index (χ3n) is 3.67. The van der Waals surface area contributed by atoms with Gasteiger partial charge in [-0.3, -0.25) is 9.59 Å². The summed E-state index contributed by atoms with van der Waals surface area (Å²) in [6, 6.07) is 8.99. The smallest absolute Gasteiger partial charge is 0.254 e. The van der Waals surface area contributed by atoms with Crippen LogP contribution in [0.25, 0.3) is 0 Å². The van der Waals surface area contributed by atoms with Crippen molar-refractivity contribution >= 4 is 11.8 Å². The first-order chi connectivity index (χ1) is 10.5. The van der Waals surface area contributed by atoms with Crippen LogP contribution in [0.15, 0.2) is 30.3 Å². The molecule has 1 N–H and O–H groups in total. The van der Waals surface area contributed by atoms with Crippen molar-refractivity contribution in [3.63, 3.8) is 0 Å². The first kappa shape index (κ1) is 16.5. The van der Waals surface area contributed by atoms with Crippen molar-refractivity contribution in [3.05, 3.63) is 35.9 Å². The number of carbonyl (C=O) groups is 2. The van der Waals surface area contributed by atoms with E-state index in [1.54, 1.807) is 11.9 Å². The molecule has 1 fully saturated rings. The van der Waals surface area contributed by atoms with Crippen molar-refractivity contribution in [3.8, 4) is 0 Å². The first-order valence-electron chi connectivity index (χ1n) is 7.34. The molecule has 2 atom stereocenters. The monoisotopic (exact) mass is 305 g/mol. The molecular formula is C16H23N3O3. The molecule has 0 bridgehead atoms. The molecule has 1 aliphatic heterocycles. The second-order valence-electron chi connectivity index (χ2n) is 5.75. The maximum absolute atomic E-state index is 12.6. The largest absolute Gasteiger partial charge is 0.356 e. The molecule has 1 heterocycles. The fourth-order valence-electron chi connectivity index (χ4n) is 2.36. The SMILES string of the molecule is CN(C)CCN(C)C(=O)[C@H]1OCC(=O)N[C@@H]1c1ccccc1. The normalized spacial score (nSPS) is 21.5. The molecule has 0 radical (unpaired) electrons. The van der Waals surface area contributed by atoms with Crippen LogP contribution in [-0.2, 0) is 14.3 Å². The highest BCUT2D eigenvalue weighted by Gasteiger charge is 2.37. The van der Waals surface area contributed by atoms with Gasteiger partial charge in [0.15, 0.2) is 6.10 Å². The highest BCUT2D eigenvalue weighted by atomic mass is 16.5. The number of benzene rings is 1. The molecule has 22 heavy (non-hydrogen) atoms. The molecule has 6 heteroatoms. The molecule has 1 aromatic rings. The molecule has 1 aliphatic rings. The second-order valence-corrected chi connectivity index (χ2v) is 5.75. The van der Waals surface area contributed by atoms with Crippen molar-refractivity contribution in [2.45, 2.75) is 12.1 Å². The Morgan fingerprint density at radius 3 is 2.55 bits per heavy atom. The quantitative estimate of drug-likeness (QED) is 0.848. The van der Waals surface area contributed by atoms with Crippen LogP contribution in [-0.4, -0.2) is 68.6 Å². The summed E-state index contributed by atoms with van der Waals surface area (Å²) in [6.45, 7) is 1.31. The summed E-state index contributed by atoms with van der Waals surface area (Å²) < 4.78 is 5.53. The van der Waals surface area contributed by atoms with Gasteiger partial charge in [0.1, 0.15) is 6.61 Å². The average molecular weight is 305 g/mol. The van der Waals surface area contributed by atoms with Crippen LogP contribution < -0.4 is 5.32 Å². The standard InChI is InChI=1S/C16H23N3O3/c1-18(2)9-10-19(3)16(21)15-14(17-13(20)11-22-15)12-7-5-4-6-8-12/h4-8,14-15H,9-11H2,1-3H3,(H,17,20)/t14-,15+/m1/s1. The van der Waals surface area contributed by atoms with E-state index in [1.165, 1.54) is 0 Å². The van der Waals surface area contributed by atoms with Crippen LogP contribution in [0.5, 0.6) is 0 Å². The van der Waals surface area contributed by atoms with Gasteiger partial charge in [0.2, 0.25) is 5.91 Å². The van der Waals surface area contributed by atoms with E-state index in [1.807, 2.05) is 49.3 Å². The lowest BCUT2D eigenvalue weighted by atomic mass is 9.99. The summed E-state index contributed by atoms with van der Waals surface area (Å²) in [6.07, 6.45) is -0.688. The fraction of sp³-hybridized carbons (Fsp3) is 0.500. The number of nitrogens with zero attached hydrogens (tertiary/aromatic N) is 2. The van der Waals surface area contributed by atoms with E-state index in [0.29, 0.717) is 6.54 Å². The van der Waals surface area contributed by atoms with Gasteiger partial charge in [-0.15, -0.1) is 0 Å². The minimum Gasteiger partial charge on any atom is -0.356 e. The summed E-state index contributed by atoms with van der Waals surface area (Å²) in [5.74, 6) is -0.315. The Balaban J connectivity index is 2.12. The van der Waals surface area contributed by atoms with Gasteiger partial charge >= 0.3 is 0 Å². The maximum Gasteiger partial charge on any atom is 0.254 e. The number of nitrogens with one attached hydrogen (secondary N) is 1. The van der Waals surface area contributed by atoms with Crippen molar-refractivity contribution in [1.29, 1.82) is 0 Å². The molecule has 1 saturated heterocycles.